The van der Waals surface area contributed by atoms with Crippen LogP contribution in [0.5, 0.6) is 0 Å². The summed E-state index contributed by atoms with van der Waals surface area (Å²) in [6, 6.07) is 3.76. The highest BCUT2D eigenvalue weighted by Crippen LogP contribution is 2.26. The normalized spacial score (nSPS) is 13.6. The van der Waals surface area contributed by atoms with Crippen molar-refractivity contribution in [3.63, 3.8) is 0 Å². The Morgan fingerprint density at radius 2 is 2.11 bits per heavy atom. The maximum atomic E-state index is 12.8. The van der Waals surface area contributed by atoms with Crippen molar-refractivity contribution < 1.29 is 17.9 Å². The molecule has 1 aromatic rings. The molecule has 0 aliphatic heterocycles. The average molecular weight is 295 g/mol. The van der Waals surface area contributed by atoms with E-state index in [1.807, 2.05) is 0 Å². The number of sulfone groups is 1. The maximum absolute atomic E-state index is 12.8. The van der Waals surface area contributed by atoms with Gasteiger partial charge in [0, 0.05) is 10.8 Å². The van der Waals surface area contributed by atoms with E-state index in [1.54, 1.807) is 6.92 Å². The van der Waals surface area contributed by atoms with Crippen LogP contribution in [0.1, 0.15) is 31.4 Å². The van der Waals surface area contributed by atoms with E-state index in [0.717, 1.165) is 6.07 Å². The van der Waals surface area contributed by atoms with E-state index in [9.17, 15) is 17.9 Å². The van der Waals surface area contributed by atoms with Gasteiger partial charge in [-0.1, -0.05) is 24.6 Å². The van der Waals surface area contributed by atoms with Gasteiger partial charge in [0.15, 0.2) is 0 Å². The van der Waals surface area contributed by atoms with Crippen LogP contribution in [0.2, 0.25) is 5.02 Å². The summed E-state index contributed by atoms with van der Waals surface area (Å²) in [5.74, 6) is -0.329. The van der Waals surface area contributed by atoms with Gasteiger partial charge in [-0.15, -0.1) is 0 Å². The molecule has 3 nitrogen and oxygen atoms in total. The number of rotatable bonds is 6. The molecule has 0 aliphatic carbocycles. The molecular formula is C12H16ClFO3S. The molecule has 1 N–H and O–H groups in total. The average Bonchev–Trinajstić information content (AvgIpc) is 2.28. The van der Waals surface area contributed by atoms with Gasteiger partial charge in [0.25, 0.3) is 0 Å². The van der Waals surface area contributed by atoms with Crippen LogP contribution in [0.4, 0.5) is 4.39 Å². The first-order valence-electron chi connectivity index (χ1n) is 5.69. The molecule has 1 atom stereocenters. The first-order chi connectivity index (χ1) is 8.35. The Morgan fingerprint density at radius 3 is 2.67 bits per heavy atom. The number of aliphatic hydroxyl groups excluding tert-OH is 1. The Bertz CT molecular complexity index is 502. The molecule has 18 heavy (non-hydrogen) atoms. The molecule has 1 rings (SSSR count). The van der Waals surface area contributed by atoms with E-state index in [0.29, 0.717) is 12.0 Å². The summed E-state index contributed by atoms with van der Waals surface area (Å²) in [7, 11) is -3.02. The number of hydrogen-bond acceptors (Lipinski definition) is 3. The van der Waals surface area contributed by atoms with Crippen molar-refractivity contribution >= 4 is 21.4 Å². The van der Waals surface area contributed by atoms with Crippen LogP contribution in [-0.2, 0) is 9.84 Å². The highest BCUT2D eigenvalue weighted by atomic mass is 35.5. The molecule has 1 unspecified atom stereocenters. The molecule has 1 aromatic carbocycles. The van der Waals surface area contributed by atoms with Gasteiger partial charge in [-0.05, 0) is 30.5 Å². The van der Waals surface area contributed by atoms with Gasteiger partial charge < -0.3 is 5.11 Å². The second-order valence-corrected chi connectivity index (χ2v) is 6.94. The fourth-order valence-corrected chi connectivity index (χ4v) is 2.76. The highest BCUT2D eigenvalue weighted by Gasteiger charge is 2.14. The third kappa shape index (κ3) is 4.55. The molecule has 0 amide bonds. The Labute approximate surface area is 112 Å². The lowest BCUT2D eigenvalue weighted by atomic mass is 10.1. The Morgan fingerprint density at radius 1 is 1.44 bits per heavy atom. The lowest BCUT2D eigenvalue weighted by Gasteiger charge is -2.12. The topological polar surface area (TPSA) is 54.4 Å². The first kappa shape index (κ1) is 15.4. The van der Waals surface area contributed by atoms with Crippen LogP contribution in [0.3, 0.4) is 0 Å². The fourth-order valence-electron chi connectivity index (χ4n) is 1.57. The zero-order valence-corrected chi connectivity index (χ0v) is 11.6. The largest absolute Gasteiger partial charge is 0.388 e. The van der Waals surface area contributed by atoms with E-state index in [4.69, 9.17) is 11.6 Å². The molecule has 0 aliphatic rings. The molecule has 0 radical (unpaired) electrons. The van der Waals surface area contributed by atoms with E-state index in [2.05, 4.69) is 0 Å². The van der Waals surface area contributed by atoms with Crippen molar-refractivity contribution in [1.82, 2.24) is 0 Å². The lowest BCUT2D eigenvalue weighted by molar-refractivity contribution is 0.166. The third-order valence-corrected chi connectivity index (χ3v) is 4.81. The molecule has 0 fully saturated rings. The van der Waals surface area contributed by atoms with Crippen molar-refractivity contribution in [3.05, 3.63) is 34.6 Å². The van der Waals surface area contributed by atoms with Crippen LogP contribution in [-0.4, -0.2) is 25.0 Å². The monoisotopic (exact) mass is 294 g/mol. The number of benzene rings is 1. The van der Waals surface area contributed by atoms with E-state index < -0.39 is 21.8 Å². The second kappa shape index (κ2) is 6.50. The van der Waals surface area contributed by atoms with Crippen molar-refractivity contribution in [2.24, 2.45) is 0 Å². The predicted octanol–water partition coefficient (Wildman–Crippen LogP) is 2.73. The van der Waals surface area contributed by atoms with Crippen molar-refractivity contribution in [3.8, 4) is 0 Å². The van der Waals surface area contributed by atoms with Gasteiger partial charge in [0.05, 0.1) is 11.9 Å². The van der Waals surface area contributed by atoms with Crippen LogP contribution in [0.15, 0.2) is 18.2 Å². The summed E-state index contributed by atoms with van der Waals surface area (Å²) >= 11 is 5.80. The van der Waals surface area contributed by atoms with Gasteiger partial charge in [0.1, 0.15) is 15.7 Å². The summed E-state index contributed by atoms with van der Waals surface area (Å²) < 4.78 is 35.4. The summed E-state index contributed by atoms with van der Waals surface area (Å²) in [6.07, 6.45) is -0.236. The van der Waals surface area contributed by atoms with Crippen LogP contribution >= 0.6 is 11.6 Å². The minimum Gasteiger partial charge on any atom is -0.388 e. The predicted molar refractivity (Wildman–Crippen MR) is 69.9 cm³/mol. The summed E-state index contributed by atoms with van der Waals surface area (Å²) in [5, 5.41) is 10.0. The number of halogens is 2. The minimum absolute atomic E-state index is 0.0410. The third-order valence-electron chi connectivity index (χ3n) is 2.69. The van der Waals surface area contributed by atoms with Gasteiger partial charge in [-0.2, -0.15) is 0 Å². The maximum Gasteiger partial charge on any atom is 0.150 e. The van der Waals surface area contributed by atoms with E-state index in [1.165, 1.54) is 12.1 Å². The molecule has 6 heteroatoms. The lowest BCUT2D eigenvalue weighted by Crippen LogP contribution is -2.10. The highest BCUT2D eigenvalue weighted by molar-refractivity contribution is 7.91. The quantitative estimate of drug-likeness (QED) is 0.878. The smallest absolute Gasteiger partial charge is 0.150 e. The molecule has 0 bridgehead atoms. The second-order valence-electron chi connectivity index (χ2n) is 4.06. The molecule has 0 heterocycles. The SMILES string of the molecule is CCS(=O)(=O)CCCC(O)c1ccc(F)cc1Cl. The van der Waals surface area contributed by atoms with Crippen molar-refractivity contribution in [1.29, 1.82) is 0 Å². The molecular weight excluding hydrogens is 279 g/mol. The van der Waals surface area contributed by atoms with Gasteiger partial charge >= 0.3 is 0 Å². The standard InChI is InChI=1S/C12H16ClFO3S/c1-2-18(16,17)7-3-4-12(15)10-6-5-9(14)8-11(10)13/h5-6,8,12,15H,2-4,7H2,1H3. The molecule has 0 saturated carbocycles. The van der Waals surface area contributed by atoms with Gasteiger partial charge in [-0.3, -0.25) is 0 Å². The molecule has 0 saturated heterocycles. The summed E-state index contributed by atoms with van der Waals surface area (Å²) in [5.41, 5.74) is 0.423. The Balaban J connectivity index is 2.58. The van der Waals surface area contributed by atoms with E-state index >= 15 is 0 Å². The van der Waals surface area contributed by atoms with Crippen LogP contribution < -0.4 is 0 Å². The summed E-state index contributed by atoms with van der Waals surface area (Å²) in [4.78, 5) is 0. The minimum atomic E-state index is -3.02. The van der Waals surface area contributed by atoms with Crippen molar-refractivity contribution in [2.45, 2.75) is 25.9 Å². The first-order valence-corrected chi connectivity index (χ1v) is 7.89. The van der Waals surface area contributed by atoms with E-state index in [-0.39, 0.29) is 22.9 Å². The summed E-state index contributed by atoms with van der Waals surface area (Å²) in [6.45, 7) is 1.59. The van der Waals surface area contributed by atoms with Gasteiger partial charge in [-0.25, -0.2) is 12.8 Å². The zero-order chi connectivity index (χ0) is 13.8. The molecule has 0 aromatic heterocycles. The van der Waals surface area contributed by atoms with Crippen molar-refractivity contribution in [2.75, 3.05) is 11.5 Å². The number of hydrogen-bond donors (Lipinski definition) is 1. The van der Waals surface area contributed by atoms with Crippen LogP contribution in [0.25, 0.3) is 0 Å². The Hall–Kier alpha value is -0.650. The zero-order valence-electron chi connectivity index (χ0n) is 10.1. The Kier molecular flexibility index (Phi) is 5.56. The number of aliphatic hydroxyl groups is 1. The molecule has 0 spiro atoms. The fraction of sp³-hybridized carbons (Fsp3) is 0.500. The van der Waals surface area contributed by atoms with Gasteiger partial charge in [0.2, 0.25) is 0 Å². The molecule has 102 valence electrons. The van der Waals surface area contributed by atoms with Crippen LogP contribution in [0, 0.1) is 5.82 Å².